The lowest BCUT2D eigenvalue weighted by Gasteiger charge is -2.08. The van der Waals surface area contributed by atoms with Gasteiger partial charge in [-0.15, -0.1) is 10.2 Å². The van der Waals surface area contributed by atoms with Gasteiger partial charge < -0.3 is 0 Å². The van der Waals surface area contributed by atoms with Crippen LogP contribution in [0.15, 0.2) is 53.0 Å². The molecule has 0 fully saturated rings. The molecule has 0 amide bonds. The van der Waals surface area contributed by atoms with Crippen LogP contribution in [-0.2, 0) is 6.42 Å². The Kier molecular flexibility index (Phi) is 3.15. The van der Waals surface area contributed by atoms with Crippen LogP contribution in [0.25, 0.3) is 27.9 Å². The Morgan fingerprint density at radius 3 is 2.55 bits per heavy atom. The van der Waals surface area contributed by atoms with Crippen molar-refractivity contribution in [2.45, 2.75) is 13.3 Å². The highest BCUT2D eigenvalue weighted by atomic mass is 79.9. The molecule has 0 saturated carbocycles. The number of halogens is 1. The van der Waals surface area contributed by atoms with Crippen molar-refractivity contribution in [2.75, 3.05) is 0 Å². The number of para-hydroxylation sites is 1. The summed E-state index contributed by atoms with van der Waals surface area (Å²) in [4.78, 5) is 4.77. The van der Waals surface area contributed by atoms with Gasteiger partial charge in [0.1, 0.15) is 5.82 Å². The van der Waals surface area contributed by atoms with Crippen LogP contribution in [0.3, 0.4) is 0 Å². The van der Waals surface area contributed by atoms with Crippen molar-refractivity contribution in [2.24, 2.45) is 0 Å². The zero-order valence-electron chi connectivity index (χ0n) is 12.0. The van der Waals surface area contributed by atoms with Crippen molar-refractivity contribution < 1.29 is 0 Å². The fourth-order valence-corrected chi connectivity index (χ4v) is 2.94. The zero-order chi connectivity index (χ0) is 15.1. The topological polar surface area (TPSA) is 43.1 Å². The van der Waals surface area contributed by atoms with E-state index in [1.807, 2.05) is 48.5 Å². The molecule has 4 nitrogen and oxygen atoms in total. The molecule has 0 N–H and O–H groups in total. The molecule has 0 bridgehead atoms. The smallest absolute Gasteiger partial charge is 0.171 e. The van der Waals surface area contributed by atoms with Crippen LogP contribution in [0, 0.1) is 0 Å². The number of aryl methyl sites for hydroxylation is 1. The minimum Gasteiger partial charge on any atom is -0.262 e. The summed E-state index contributed by atoms with van der Waals surface area (Å²) in [6.45, 7) is 2.10. The molecule has 0 aliphatic heterocycles. The molecule has 0 aliphatic carbocycles. The van der Waals surface area contributed by atoms with E-state index >= 15 is 0 Å². The summed E-state index contributed by atoms with van der Waals surface area (Å²) < 4.78 is 3.11. The summed E-state index contributed by atoms with van der Waals surface area (Å²) in [7, 11) is 0. The van der Waals surface area contributed by atoms with Gasteiger partial charge in [-0.05, 0) is 24.3 Å². The third kappa shape index (κ3) is 2.01. The monoisotopic (exact) mass is 352 g/mol. The van der Waals surface area contributed by atoms with Crippen LogP contribution in [0.1, 0.15) is 12.7 Å². The molecule has 0 saturated heterocycles. The third-order valence-corrected chi connectivity index (χ3v) is 4.26. The Bertz CT molecular complexity index is 973. The van der Waals surface area contributed by atoms with Crippen molar-refractivity contribution in [1.29, 1.82) is 0 Å². The van der Waals surface area contributed by atoms with E-state index in [9.17, 15) is 0 Å². The van der Waals surface area contributed by atoms with Crippen molar-refractivity contribution in [3.05, 3.63) is 58.8 Å². The van der Waals surface area contributed by atoms with Crippen LogP contribution < -0.4 is 0 Å². The van der Waals surface area contributed by atoms with Gasteiger partial charge >= 0.3 is 0 Å². The van der Waals surface area contributed by atoms with Gasteiger partial charge in [0.15, 0.2) is 11.5 Å². The predicted octanol–water partition coefficient (Wildman–Crippen LogP) is 4.27. The van der Waals surface area contributed by atoms with Gasteiger partial charge in [-0.3, -0.25) is 4.40 Å². The SMILES string of the molecule is CCc1nc2ccccc2c2nnc(-c3ccc(Br)cc3)n12. The molecule has 4 rings (SSSR count). The second-order valence-corrected chi connectivity index (χ2v) is 6.00. The average Bonchev–Trinajstić information content (AvgIpc) is 3.00. The molecule has 0 unspecified atom stereocenters. The summed E-state index contributed by atoms with van der Waals surface area (Å²) in [5.74, 6) is 1.80. The zero-order valence-corrected chi connectivity index (χ0v) is 13.6. The Labute approximate surface area is 136 Å². The van der Waals surface area contributed by atoms with Crippen molar-refractivity contribution in [1.82, 2.24) is 19.6 Å². The normalized spacial score (nSPS) is 11.4. The Hall–Kier alpha value is -2.27. The van der Waals surface area contributed by atoms with E-state index in [4.69, 9.17) is 4.98 Å². The van der Waals surface area contributed by atoms with E-state index in [1.165, 1.54) is 0 Å². The Morgan fingerprint density at radius 2 is 1.77 bits per heavy atom. The van der Waals surface area contributed by atoms with Gasteiger partial charge in [-0.1, -0.05) is 47.1 Å². The van der Waals surface area contributed by atoms with Crippen molar-refractivity contribution in [3.63, 3.8) is 0 Å². The highest BCUT2D eigenvalue weighted by molar-refractivity contribution is 9.10. The lowest BCUT2D eigenvalue weighted by atomic mass is 10.2. The molecular formula is C17H13BrN4. The molecule has 108 valence electrons. The van der Waals surface area contributed by atoms with Gasteiger partial charge in [0.2, 0.25) is 0 Å². The van der Waals surface area contributed by atoms with Crippen molar-refractivity contribution in [3.8, 4) is 11.4 Å². The first-order chi connectivity index (χ1) is 10.8. The molecule has 0 spiro atoms. The lowest BCUT2D eigenvalue weighted by molar-refractivity contribution is 0.914. The highest BCUT2D eigenvalue weighted by Gasteiger charge is 2.15. The molecular weight excluding hydrogens is 340 g/mol. The molecule has 0 aliphatic rings. The maximum atomic E-state index is 4.77. The number of hydrogen-bond donors (Lipinski definition) is 0. The van der Waals surface area contributed by atoms with Gasteiger partial charge in [-0.25, -0.2) is 4.98 Å². The van der Waals surface area contributed by atoms with E-state index in [2.05, 4.69) is 37.5 Å². The van der Waals surface area contributed by atoms with Crippen LogP contribution in [0.5, 0.6) is 0 Å². The quantitative estimate of drug-likeness (QED) is 0.541. The summed E-state index contributed by atoms with van der Waals surface area (Å²) in [5, 5.41) is 9.85. The number of rotatable bonds is 2. The maximum Gasteiger partial charge on any atom is 0.171 e. The van der Waals surface area contributed by atoms with E-state index in [0.717, 1.165) is 44.7 Å². The van der Waals surface area contributed by atoms with Crippen molar-refractivity contribution >= 4 is 32.5 Å². The lowest BCUT2D eigenvalue weighted by Crippen LogP contribution is -2.02. The standard InChI is InChI=1S/C17H13BrN4/c1-2-15-19-14-6-4-3-5-13(14)17-21-20-16(22(15)17)11-7-9-12(18)10-8-11/h3-10H,2H2,1H3. The molecule has 0 atom stereocenters. The molecule has 2 heterocycles. The highest BCUT2D eigenvalue weighted by Crippen LogP contribution is 2.25. The minimum absolute atomic E-state index is 0.822. The molecule has 2 aromatic heterocycles. The van der Waals surface area contributed by atoms with Gasteiger partial charge in [0, 0.05) is 21.8 Å². The Balaban J connectivity index is 2.09. The molecule has 4 aromatic rings. The largest absolute Gasteiger partial charge is 0.262 e. The first-order valence-electron chi connectivity index (χ1n) is 7.16. The first kappa shape index (κ1) is 13.4. The summed E-state index contributed by atoms with van der Waals surface area (Å²) >= 11 is 3.46. The fraction of sp³-hybridized carbons (Fsp3) is 0.118. The average molecular weight is 353 g/mol. The van der Waals surface area contributed by atoms with E-state index in [0.29, 0.717) is 0 Å². The summed E-state index contributed by atoms with van der Waals surface area (Å²) in [6, 6.07) is 16.2. The Morgan fingerprint density at radius 1 is 1.00 bits per heavy atom. The second kappa shape index (κ2) is 5.18. The molecule has 22 heavy (non-hydrogen) atoms. The third-order valence-electron chi connectivity index (χ3n) is 3.73. The predicted molar refractivity (Wildman–Crippen MR) is 90.8 cm³/mol. The molecule has 2 aromatic carbocycles. The molecule has 0 radical (unpaired) electrons. The number of benzene rings is 2. The van der Waals surface area contributed by atoms with Crippen LogP contribution in [0.2, 0.25) is 0 Å². The fourth-order valence-electron chi connectivity index (χ4n) is 2.68. The van der Waals surface area contributed by atoms with Crippen LogP contribution in [-0.4, -0.2) is 19.6 Å². The van der Waals surface area contributed by atoms with Gasteiger partial charge in [0.25, 0.3) is 0 Å². The maximum absolute atomic E-state index is 4.77. The number of nitrogens with zero attached hydrogens (tertiary/aromatic N) is 4. The number of aromatic nitrogens is 4. The second-order valence-electron chi connectivity index (χ2n) is 5.09. The minimum atomic E-state index is 0.822. The van der Waals surface area contributed by atoms with E-state index in [-0.39, 0.29) is 0 Å². The first-order valence-corrected chi connectivity index (χ1v) is 7.96. The van der Waals surface area contributed by atoms with E-state index in [1.54, 1.807) is 0 Å². The number of fused-ring (bicyclic) bond motifs is 3. The van der Waals surface area contributed by atoms with Gasteiger partial charge in [-0.2, -0.15) is 0 Å². The molecule has 5 heteroatoms. The summed E-state index contributed by atoms with van der Waals surface area (Å²) in [6.07, 6.45) is 0.822. The summed E-state index contributed by atoms with van der Waals surface area (Å²) in [5.41, 5.74) is 2.85. The van der Waals surface area contributed by atoms with Crippen LogP contribution >= 0.6 is 15.9 Å². The van der Waals surface area contributed by atoms with E-state index < -0.39 is 0 Å². The van der Waals surface area contributed by atoms with Crippen LogP contribution in [0.4, 0.5) is 0 Å². The number of hydrogen-bond acceptors (Lipinski definition) is 3. The van der Waals surface area contributed by atoms with Gasteiger partial charge in [0.05, 0.1) is 5.52 Å².